The van der Waals surface area contributed by atoms with Crippen LogP contribution < -0.4 is 0 Å². The lowest BCUT2D eigenvalue weighted by molar-refractivity contribution is -0.152. The summed E-state index contributed by atoms with van der Waals surface area (Å²) in [6.45, 7) is 4.43. The van der Waals surface area contributed by atoms with Gasteiger partial charge in [0, 0.05) is 18.1 Å². The first-order valence-corrected chi connectivity index (χ1v) is 9.51. The third-order valence-corrected chi connectivity index (χ3v) is 5.10. The fourth-order valence-electron chi connectivity index (χ4n) is 3.13. The van der Waals surface area contributed by atoms with Crippen molar-refractivity contribution in [3.63, 3.8) is 0 Å². The number of ether oxygens (including phenoxy) is 1. The van der Waals surface area contributed by atoms with Crippen LogP contribution in [0.4, 0.5) is 0 Å². The average Bonchev–Trinajstić information content (AvgIpc) is 2.90. The second-order valence-electron chi connectivity index (χ2n) is 6.90. The highest BCUT2D eigenvalue weighted by molar-refractivity contribution is 6.31. The Bertz CT molecular complexity index is 868. The molecule has 6 heteroatoms. The number of carbonyl (C=O) groups excluding carboxylic acids is 2. The number of rotatable bonds is 5. The number of esters is 1. The average molecular weight is 387 g/mol. The Hall–Kier alpha value is -2.40. The zero-order valence-corrected chi connectivity index (χ0v) is 16.3. The molecule has 142 valence electrons. The summed E-state index contributed by atoms with van der Waals surface area (Å²) in [7, 11) is 0. The highest BCUT2D eigenvalue weighted by Gasteiger charge is 2.25. The summed E-state index contributed by atoms with van der Waals surface area (Å²) in [5.74, 6) is -0.528. The molecule has 1 aromatic heterocycles. The van der Waals surface area contributed by atoms with Gasteiger partial charge in [0.2, 0.25) is 0 Å². The highest BCUT2D eigenvalue weighted by Crippen LogP contribution is 2.23. The molecule has 0 radical (unpaired) electrons. The minimum absolute atomic E-state index is 0.00290. The number of nitrogens with zero attached hydrogens (tertiary/aromatic N) is 2. The van der Waals surface area contributed by atoms with E-state index in [1.807, 2.05) is 38.1 Å². The van der Waals surface area contributed by atoms with E-state index in [4.69, 9.17) is 16.3 Å². The van der Waals surface area contributed by atoms with E-state index in [0.717, 1.165) is 24.1 Å². The normalized spacial score (nSPS) is 17.4. The van der Waals surface area contributed by atoms with Crippen molar-refractivity contribution in [1.82, 2.24) is 9.78 Å². The van der Waals surface area contributed by atoms with Crippen LogP contribution in [0.1, 0.15) is 48.1 Å². The van der Waals surface area contributed by atoms with Gasteiger partial charge in [-0.05, 0) is 44.7 Å². The summed E-state index contributed by atoms with van der Waals surface area (Å²) < 4.78 is 6.98. The lowest BCUT2D eigenvalue weighted by Gasteiger charge is -2.19. The molecule has 1 atom stereocenters. The lowest BCUT2D eigenvalue weighted by atomic mass is 9.96. The van der Waals surface area contributed by atoms with Crippen molar-refractivity contribution in [3.8, 4) is 0 Å². The number of hydrogen-bond donors (Lipinski definition) is 0. The second-order valence-corrected chi connectivity index (χ2v) is 7.26. The highest BCUT2D eigenvalue weighted by atomic mass is 35.5. The van der Waals surface area contributed by atoms with Gasteiger partial charge < -0.3 is 4.74 Å². The summed E-state index contributed by atoms with van der Waals surface area (Å²) in [6, 6.07) is 8.17. The van der Waals surface area contributed by atoms with Gasteiger partial charge in [-0.1, -0.05) is 41.4 Å². The van der Waals surface area contributed by atoms with E-state index >= 15 is 0 Å². The van der Waals surface area contributed by atoms with Gasteiger partial charge in [0.1, 0.15) is 5.15 Å². The third kappa shape index (κ3) is 4.86. The minimum Gasteiger partial charge on any atom is -0.451 e. The largest absolute Gasteiger partial charge is 0.451 e. The fraction of sp³-hybridized carbons (Fsp3) is 0.381. The van der Waals surface area contributed by atoms with E-state index in [1.165, 1.54) is 11.6 Å². The summed E-state index contributed by atoms with van der Waals surface area (Å²) in [6.07, 6.45) is 5.17. The molecule has 5 nitrogen and oxygen atoms in total. The molecular weight excluding hydrogens is 364 g/mol. The maximum absolute atomic E-state index is 12.1. The third-order valence-electron chi connectivity index (χ3n) is 4.71. The summed E-state index contributed by atoms with van der Waals surface area (Å²) in [4.78, 5) is 23.8. The van der Waals surface area contributed by atoms with Gasteiger partial charge in [0.05, 0.1) is 12.2 Å². The molecule has 1 aromatic carbocycles. The van der Waals surface area contributed by atoms with E-state index in [1.54, 1.807) is 10.8 Å². The Kier molecular flexibility index (Phi) is 6.11. The first kappa shape index (κ1) is 19.4. The minimum atomic E-state index is -0.614. The van der Waals surface area contributed by atoms with Crippen LogP contribution in [0.15, 0.2) is 30.3 Å². The number of ketones is 1. The van der Waals surface area contributed by atoms with Crippen LogP contribution in [-0.2, 0) is 20.9 Å². The Labute approximate surface area is 164 Å². The van der Waals surface area contributed by atoms with Crippen molar-refractivity contribution in [3.05, 3.63) is 57.9 Å². The van der Waals surface area contributed by atoms with Crippen LogP contribution in [0.5, 0.6) is 0 Å². The van der Waals surface area contributed by atoms with Crippen LogP contribution >= 0.6 is 11.6 Å². The Morgan fingerprint density at radius 3 is 2.74 bits per heavy atom. The maximum atomic E-state index is 12.1. The monoisotopic (exact) mass is 386 g/mol. The topological polar surface area (TPSA) is 61.2 Å². The molecule has 0 N–H and O–H groups in total. The van der Waals surface area contributed by atoms with Crippen molar-refractivity contribution < 1.29 is 14.3 Å². The predicted molar refractivity (Wildman–Crippen MR) is 105 cm³/mol. The van der Waals surface area contributed by atoms with Gasteiger partial charge in [0.25, 0.3) is 0 Å². The second kappa shape index (κ2) is 8.53. The molecule has 0 bridgehead atoms. The molecule has 0 amide bonds. The van der Waals surface area contributed by atoms with Crippen LogP contribution in [0.2, 0.25) is 5.15 Å². The summed E-state index contributed by atoms with van der Waals surface area (Å²) in [5, 5.41) is 4.92. The van der Waals surface area contributed by atoms with Gasteiger partial charge in [-0.2, -0.15) is 5.10 Å². The zero-order valence-electron chi connectivity index (χ0n) is 15.6. The number of aromatic nitrogens is 2. The number of benzene rings is 1. The maximum Gasteiger partial charge on any atom is 0.331 e. The van der Waals surface area contributed by atoms with Gasteiger partial charge in [-0.15, -0.1) is 0 Å². The number of hydrogen-bond acceptors (Lipinski definition) is 4. The Morgan fingerprint density at radius 2 is 2.04 bits per heavy atom. The molecule has 1 fully saturated rings. The van der Waals surface area contributed by atoms with E-state index in [0.29, 0.717) is 30.1 Å². The smallest absolute Gasteiger partial charge is 0.331 e. The molecule has 0 aliphatic heterocycles. The molecule has 1 aliphatic rings. The molecular formula is C21H23ClN2O3. The molecule has 1 heterocycles. The van der Waals surface area contributed by atoms with Crippen LogP contribution in [0.25, 0.3) is 6.08 Å². The molecule has 0 spiro atoms. The van der Waals surface area contributed by atoms with E-state index in [2.05, 4.69) is 5.10 Å². The van der Waals surface area contributed by atoms with E-state index in [-0.39, 0.29) is 5.78 Å². The first-order valence-electron chi connectivity index (χ1n) is 9.14. The Morgan fingerprint density at radius 1 is 1.30 bits per heavy atom. The summed E-state index contributed by atoms with van der Waals surface area (Å²) in [5.41, 5.74) is 3.69. The quantitative estimate of drug-likeness (QED) is 0.568. The number of Topliss-reactive ketones (excluding diaryl/α,β-unsaturated/α-hetero) is 1. The lowest BCUT2D eigenvalue weighted by Crippen LogP contribution is -2.29. The van der Waals surface area contributed by atoms with Gasteiger partial charge in [-0.25, -0.2) is 9.48 Å². The molecule has 2 aromatic rings. The van der Waals surface area contributed by atoms with Gasteiger partial charge in [-0.3, -0.25) is 4.79 Å². The van der Waals surface area contributed by atoms with Crippen molar-refractivity contribution in [2.75, 3.05) is 0 Å². The van der Waals surface area contributed by atoms with E-state index < -0.39 is 12.1 Å². The van der Waals surface area contributed by atoms with Crippen LogP contribution in [0, 0.1) is 13.8 Å². The predicted octanol–water partition coefficient (Wildman–Crippen LogP) is 4.27. The SMILES string of the molecule is Cc1ccc(Cn2nc(C)c(/C=C/C(=O)O[C@@H]3CCCCC3=O)c2Cl)cc1. The number of carbonyl (C=O) groups is 2. The zero-order chi connectivity index (χ0) is 19.4. The van der Waals surface area contributed by atoms with Crippen LogP contribution in [0.3, 0.4) is 0 Å². The Balaban J connectivity index is 1.68. The molecule has 27 heavy (non-hydrogen) atoms. The number of aryl methyl sites for hydroxylation is 2. The number of halogens is 1. The standard InChI is InChI=1S/C21H23ClN2O3/c1-14-7-9-16(10-8-14)13-24-21(22)17(15(2)23-24)11-12-20(26)27-19-6-4-3-5-18(19)25/h7-12,19H,3-6,13H2,1-2H3/b12-11+/t19-/m1/s1. The van der Waals surface area contributed by atoms with Gasteiger partial charge in [0.15, 0.2) is 11.9 Å². The molecule has 1 saturated carbocycles. The van der Waals surface area contributed by atoms with Crippen molar-refractivity contribution in [2.24, 2.45) is 0 Å². The van der Waals surface area contributed by atoms with Crippen molar-refractivity contribution in [2.45, 2.75) is 52.2 Å². The fourth-order valence-corrected chi connectivity index (χ4v) is 3.43. The van der Waals surface area contributed by atoms with Crippen molar-refractivity contribution in [1.29, 1.82) is 0 Å². The summed E-state index contributed by atoms with van der Waals surface area (Å²) >= 11 is 6.45. The van der Waals surface area contributed by atoms with Crippen LogP contribution in [-0.4, -0.2) is 27.6 Å². The first-order chi connectivity index (χ1) is 12.9. The molecule has 1 aliphatic carbocycles. The molecule has 0 saturated heterocycles. The molecule has 3 rings (SSSR count). The van der Waals surface area contributed by atoms with E-state index in [9.17, 15) is 9.59 Å². The molecule has 0 unspecified atom stereocenters. The van der Waals surface area contributed by atoms with Crippen molar-refractivity contribution >= 4 is 29.4 Å². The van der Waals surface area contributed by atoms with Gasteiger partial charge >= 0.3 is 5.97 Å².